The quantitative estimate of drug-likeness (QED) is 0.549. The Morgan fingerprint density at radius 3 is 2.88 bits per heavy atom. The molecule has 1 amide bonds. The number of amides is 1. The zero-order chi connectivity index (χ0) is 22.5. The molecule has 0 saturated carbocycles. The van der Waals surface area contributed by atoms with Crippen molar-refractivity contribution in [3.8, 4) is 0 Å². The second-order valence-electron chi connectivity index (χ2n) is 8.27. The second-order valence-corrected chi connectivity index (χ2v) is 8.27. The van der Waals surface area contributed by atoms with Crippen molar-refractivity contribution >= 4 is 17.2 Å². The van der Waals surface area contributed by atoms with E-state index < -0.39 is 0 Å². The molecule has 1 aromatic carbocycles. The number of benzene rings is 1. The molecule has 0 spiro atoms. The van der Waals surface area contributed by atoms with Crippen LogP contribution in [-0.2, 0) is 22.5 Å². The summed E-state index contributed by atoms with van der Waals surface area (Å²) in [5.74, 6) is 0.819. The molecule has 8 heteroatoms. The van der Waals surface area contributed by atoms with Crippen LogP contribution in [-0.4, -0.2) is 71.2 Å². The maximum absolute atomic E-state index is 12.6. The van der Waals surface area contributed by atoms with Gasteiger partial charge in [0.2, 0.25) is 5.91 Å². The van der Waals surface area contributed by atoms with E-state index in [1.807, 2.05) is 58.9 Å². The molecule has 0 aliphatic carbocycles. The average Bonchev–Trinajstić information content (AvgIpc) is 3.17. The zero-order valence-electron chi connectivity index (χ0n) is 18.9. The van der Waals surface area contributed by atoms with E-state index in [-0.39, 0.29) is 11.9 Å². The molecule has 0 unspecified atom stereocenters. The number of fused-ring (bicyclic) bond motifs is 3. The lowest BCUT2D eigenvalue weighted by Crippen LogP contribution is -2.34. The molecule has 4 rings (SSSR count). The molecule has 3 heterocycles. The monoisotopic (exact) mass is 434 g/mol. The standard InChI is InChI=1S/C24H30N6O2/c1-28(2)12-7-10-22(31)29-13-11-20-19(14-29)15-30-23(20)24(25-17-26-30)27-21(16-32-3)18-8-5-4-6-9-18/h4-10,15,17,21H,11-14,16H2,1-3H3,(H,25,26,27)/b10-7+/t21-/m1/s1. The van der Waals surface area contributed by atoms with Gasteiger partial charge in [-0.15, -0.1) is 0 Å². The molecule has 3 aromatic rings. The first-order chi connectivity index (χ1) is 15.6. The van der Waals surface area contributed by atoms with Gasteiger partial charge in [-0.3, -0.25) is 4.79 Å². The fourth-order valence-corrected chi connectivity index (χ4v) is 4.07. The van der Waals surface area contributed by atoms with Crippen LogP contribution in [0, 0.1) is 0 Å². The highest BCUT2D eigenvalue weighted by atomic mass is 16.5. The molecular formula is C24H30N6O2. The third-order valence-corrected chi connectivity index (χ3v) is 5.65. The largest absolute Gasteiger partial charge is 0.382 e. The van der Waals surface area contributed by atoms with E-state index in [1.165, 1.54) is 5.56 Å². The fraction of sp³-hybridized carbons (Fsp3) is 0.375. The van der Waals surface area contributed by atoms with Crippen LogP contribution in [0.15, 0.2) is 55.0 Å². The Balaban J connectivity index is 1.58. The number of methoxy groups -OCH3 is 1. The molecule has 32 heavy (non-hydrogen) atoms. The van der Waals surface area contributed by atoms with Crippen molar-refractivity contribution in [2.45, 2.75) is 19.0 Å². The Morgan fingerprint density at radius 2 is 2.12 bits per heavy atom. The van der Waals surface area contributed by atoms with Crippen molar-refractivity contribution in [1.29, 1.82) is 0 Å². The first kappa shape index (κ1) is 22.0. The van der Waals surface area contributed by atoms with Crippen LogP contribution in [0.2, 0.25) is 0 Å². The lowest BCUT2D eigenvalue weighted by Gasteiger charge is -2.26. The lowest BCUT2D eigenvalue weighted by atomic mass is 10.0. The predicted molar refractivity (Wildman–Crippen MR) is 124 cm³/mol. The summed E-state index contributed by atoms with van der Waals surface area (Å²) in [5, 5.41) is 7.98. The van der Waals surface area contributed by atoms with Crippen molar-refractivity contribution < 1.29 is 9.53 Å². The van der Waals surface area contributed by atoms with Crippen LogP contribution in [0.5, 0.6) is 0 Å². The normalized spacial score (nSPS) is 14.8. The summed E-state index contributed by atoms with van der Waals surface area (Å²) in [5.41, 5.74) is 4.40. The molecule has 8 nitrogen and oxygen atoms in total. The summed E-state index contributed by atoms with van der Waals surface area (Å²) in [7, 11) is 5.66. The topological polar surface area (TPSA) is 75.0 Å². The van der Waals surface area contributed by atoms with Gasteiger partial charge in [-0.25, -0.2) is 9.50 Å². The highest BCUT2D eigenvalue weighted by molar-refractivity contribution is 5.88. The summed E-state index contributed by atoms with van der Waals surface area (Å²) in [6, 6.07) is 10.2. The number of hydrogen-bond acceptors (Lipinski definition) is 6. The Morgan fingerprint density at radius 1 is 1.31 bits per heavy atom. The number of nitrogens with one attached hydrogen (secondary N) is 1. The summed E-state index contributed by atoms with van der Waals surface area (Å²) in [6.45, 7) is 2.51. The van der Waals surface area contributed by atoms with Gasteiger partial charge in [0.05, 0.1) is 12.6 Å². The Kier molecular flexibility index (Phi) is 6.82. The van der Waals surface area contributed by atoms with Crippen LogP contribution in [0.3, 0.4) is 0 Å². The van der Waals surface area contributed by atoms with Crippen LogP contribution < -0.4 is 5.32 Å². The third kappa shape index (κ3) is 4.81. The number of anilines is 1. The van der Waals surface area contributed by atoms with Crippen LogP contribution >= 0.6 is 0 Å². The predicted octanol–water partition coefficient (Wildman–Crippen LogP) is 2.53. The molecule has 0 saturated heterocycles. The van der Waals surface area contributed by atoms with Gasteiger partial charge < -0.3 is 19.9 Å². The van der Waals surface area contributed by atoms with E-state index in [4.69, 9.17) is 4.74 Å². The van der Waals surface area contributed by atoms with Crippen LogP contribution in [0.25, 0.3) is 5.52 Å². The number of rotatable bonds is 8. The SMILES string of the molecule is COC[C@@H](Nc1ncnn2cc3c(c12)CCN(C(=O)/C=C/CN(C)C)C3)c1ccccc1. The molecular weight excluding hydrogens is 404 g/mol. The molecule has 0 fully saturated rings. The fourth-order valence-electron chi connectivity index (χ4n) is 4.07. The van der Waals surface area contributed by atoms with Crippen molar-refractivity contribution in [1.82, 2.24) is 24.4 Å². The smallest absolute Gasteiger partial charge is 0.246 e. The molecule has 1 aliphatic heterocycles. The minimum atomic E-state index is -0.0334. The van der Waals surface area contributed by atoms with Gasteiger partial charge in [0.15, 0.2) is 5.82 Å². The lowest BCUT2D eigenvalue weighted by molar-refractivity contribution is -0.126. The van der Waals surface area contributed by atoms with Crippen molar-refractivity contribution in [3.05, 3.63) is 71.7 Å². The van der Waals surface area contributed by atoms with Gasteiger partial charge in [0.25, 0.3) is 0 Å². The number of carbonyl (C=O) groups is 1. The Hall–Kier alpha value is -3.23. The zero-order valence-corrected chi connectivity index (χ0v) is 18.9. The maximum Gasteiger partial charge on any atom is 0.246 e. The average molecular weight is 435 g/mol. The summed E-state index contributed by atoms with van der Waals surface area (Å²) in [4.78, 5) is 21.1. The number of nitrogens with zero attached hydrogens (tertiary/aromatic N) is 5. The molecule has 1 N–H and O–H groups in total. The van der Waals surface area contributed by atoms with E-state index in [0.29, 0.717) is 19.7 Å². The molecule has 2 aromatic heterocycles. The van der Waals surface area contributed by atoms with Crippen molar-refractivity contribution in [3.63, 3.8) is 0 Å². The number of hydrogen-bond donors (Lipinski definition) is 1. The van der Waals surface area contributed by atoms with E-state index in [2.05, 4.69) is 27.5 Å². The van der Waals surface area contributed by atoms with Gasteiger partial charge in [0.1, 0.15) is 11.8 Å². The van der Waals surface area contributed by atoms with E-state index in [9.17, 15) is 4.79 Å². The molecule has 168 valence electrons. The minimum Gasteiger partial charge on any atom is -0.382 e. The van der Waals surface area contributed by atoms with E-state index in [0.717, 1.165) is 35.4 Å². The maximum atomic E-state index is 12.6. The van der Waals surface area contributed by atoms with Gasteiger partial charge in [-0.05, 0) is 37.2 Å². The number of carbonyl (C=O) groups excluding carboxylic acids is 1. The molecule has 1 atom stereocenters. The van der Waals surface area contributed by atoms with Gasteiger partial charge in [0, 0.05) is 39.0 Å². The van der Waals surface area contributed by atoms with E-state index in [1.54, 1.807) is 19.5 Å². The first-order valence-electron chi connectivity index (χ1n) is 10.8. The van der Waals surface area contributed by atoms with Crippen molar-refractivity contribution in [2.75, 3.05) is 46.2 Å². The van der Waals surface area contributed by atoms with Gasteiger partial charge in [-0.2, -0.15) is 5.10 Å². The number of ether oxygens (including phenoxy) is 1. The third-order valence-electron chi connectivity index (χ3n) is 5.65. The molecule has 0 bridgehead atoms. The van der Waals surface area contributed by atoms with E-state index >= 15 is 0 Å². The molecule has 0 radical (unpaired) electrons. The number of likely N-dealkylation sites (N-methyl/N-ethyl adjacent to an activating group) is 1. The summed E-state index contributed by atoms with van der Waals surface area (Å²) in [6.07, 6.45) is 7.90. The first-order valence-corrected chi connectivity index (χ1v) is 10.8. The Bertz CT molecular complexity index is 1090. The summed E-state index contributed by atoms with van der Waals surface area (Å²) >= 11 is 0. The number of aromatic nitrogens is 3. The van der Waals surface area contributed by atoms with Crippen LogP contribution in [0.1, 0.15) is 22.7 Å². The van der Waals surface area contributed by atoms with Gasteiger partial charge in [-0.1, -0.05) is 36.4 Å². The minimum absolute atomic E-state index is 0.0334. The van der Waals surface area contributed by atoms with Crippen molar-refractivity contribution in [2.24, 2.45) is 0 Å². The Labute approximate surface area is 188 Å². The highest BCUT2D eigenvalue weighted by Gasteiger charge is 2.25. The highest BCUT2D eigenvalue weighted by Crippen LogP contribution is 2.30. The molecule has 1 aliphatic rings. The van der Waals surface area contributed by atoms with Gasteiger partial charge >= 0.3 is 0 Å². The second kappa shape index (κ2) is 9.93. The van der Waals surface area contributed by atoms with Crippen LogP contribution in [0.4, 0.5) is 5.82 Å². The summed E-state index contributed by atoms with van der Waals surface area (Å²) < 4.78 is 7.32.